The number of aliphatic hydroxyl groups is 3. The molecule has 0 saturated carbocycles. The monoisotopic (exact) mass is 987 g/mol. The van der Waals surface area contributed by atoms with Gasteiger partial charge in [-0.3, -0.25) is 14.1 Å². The zero-order valence-electron chi connectivity index (χ0n) is 43.2. The van der Waals surface area contributed by atoms with Crippen molar-refractivity contribution in [3.63, 3.8) is 0 Å². The van der Waals surface area contributed by atoms with E-state index >= 15 is 0 Å². The summed E-state index contributed by atoms with van der Waals surface area (Å²) in [5, 5.41) is 31.0. The van der Waals surface area contributed by atoms with E-state index in [-0.39, 0.29) is 19.4 Å². The van der Waals surface area contributed by atoms with Gasteiger partial charge in [-0.15, -0.1) is 0 Å². The highest BCUT2D eigenvalue weighted by Gasteiger charge is 2.46. The Kier molecular flexibility index (Phi) is 42.5. The molecule has 1 heterocycles. The van der Waals surface area contributed by atoms with Gasteiger partial charge in [-0.05, 0) is 64.2 Å². The molecular formula is C55H102O12S. The largest absolute Gasteiger partial charge is 0.462 e. The topological polar surface area (TPSA) is 186 Å². The summed E-state index contributed by atoms with van der Waals surface area (Å²) >= 11 is 0. The fraction of sp³-hybridized carbons (Fsp3) is 0.891. The van der Waals surface area contributed by atoms with Crippen molar-refractivity contribution in [1.29, 1.82) is 0 Å². The first-order chi connectivity index (χ1) is 33.0. The predicted molar refractivity (Wildman–Crippen MR) is 275 cm³/mol. The molecule has 13 heteroatoms. The normalized spacial score (nSPS) is 19.3. The third-order valence-electron chi connectivity index (χ3n) is 13.0. The molecule has 6 unspecified atom stereocenters. The van der Waals surface area contributed by atoms with Gasteiger partial charge in [-0.2, -0.15) is 8.42 Å². The van der Waals surface area contributed by atoms with Crippen LogP contribution in [0, 0.1) is 0 Å². The molecule has 1 fully saturated rings. The lowest BCUT2D eigenvalue weighted by Gasteiger charge is -2.40. The lowest BCUT2D eigenvalue weighted by molar-refractivity contribution is -0.297. The molecule has 68 heavy (non-hydrogen) atoms. The molecule has 12 nitrogen and oxygen atoms in total. The van der Waals surface area contributed by atoms with Gasteiger partial charge in [-0.1, -0.05) is 205 Å². The molecule has 1 aliphatic heterocycles. The molecule has 0 aromatic carbocycles. The van der Waals surface area contributed by atoms with E-state index in [1.54, 1.807) is 0 Å². The van der Waals surface area contributed by atoms with E-state index < -0.39 is 71.2 Å². The Balaban J connectivity index is 2.32. The van der Waals surface area contributed by atoms with Gasteiger partial charge in [0.1, 0.15) is 36.8 Å². The molecule has 1 rings (SSSR count). The van der Waals surface area contributed by atoms with Crippen molar-refractivity contribution < 1.29 is 56.8 Å². The van der Waals surface area contributed by atoms with E-state index in [4.69, 9.17) is 18.9 Å². The standard InChI is InChI=1S/C55H102O12S/c1-3-5-7-9-11-13-15-17-19-21-22-23-24-25-26-28-30-32-34-36-38-40-42-44-51(57)66-48(46-65-55-54(60)53(59)52(58)49(67-55)47-68(61,62)63)45-64-50(56)43-41-39-37-35-33-31-29-27-20-18-16-14-12-10-8-6-4-2/h18,20-22,48-49,52-55,58-60H,3-17,19,23-47H2,1-2H3,(H,61,62,63)/b20-18-,22-21-. The molecule has 4 N–H and O–H groups in total. The first-order valence-corrected chi connectivity index (χ1v) is 29.5. The fourth-order valence-corrected chi connectivity index (χ4v) is 9.36. The summed E-state index contributed by atoms with van der Waals surface area (Å²) in [6, 6.07) is 0. The second kappa shape index (κ2) is 45.0. The Morgan fingerprint density at radius 3 is 1.22 bits per heavy atom. The lowest BCUT2D eigenvalue weighted by Crippen LogP contribution is -2.60. The Labute approximate surface area is 415 Å². The van der Waals surface area contributed by atoms with Gasteiger partial charge in [0.05, 0.1) is 6.61 Å². The maximum absolute atomic E-state index is 12.9. The SMILES string of the molecule is CCCCCCCC/C=C\CCCCCCCCCC(=O)OCC(COC1OC(CS(=O)(=O)O)C(O)C(O)C1O)OC(=O)CCCCCCCCCCCCC/C=C\CCCCCCCCCC. The highest BCUT2D eigenvalue weighted by atomic mass is 32.2. The molecule has 400 valence electrons. The zero-order chi connectivity index (χ0) is 49.8. The Morgan fingerprint density at radius 1 is 0.485 bits per heavy atom. The van der Waals surface area contributed by atoms with Crippen molar-refractivity contribution in [1.82, 2.24) is 0 Å². The minimum Gasteiger partial charge on any atom is -0.462 e. The molecule has 0 radical (unpaired) electrons. The lowest BCUT2D eigenvalue weighted by atomic mass is 10.00. The second-order valence-electron chi connectivity index (χ2n) is 19.6. The van der Waals surface area contributed by atoms with Crippen molar-refractivity contribution in [3.05, 3.63) is 24.3 Å². The average Bonchev–Trinajstić information content (AvgIpc) is 3.31. The van der Waals surface area contributed by atoms with Crippen molar-refractivity contribution >= 4 is 22.1 Å². The number of aliphatic hydroxyl groups excluding tert-OH is 3. The van der Waals surface area contributed by atoms with E-state index in [9.17, 15) is 37.9 Å². The minimum atomic E-state index is -4.61. The number of esters is 2. The molecule has 6 atom stereocenters. The average molecular weight is 987 g/mol. The van der Waals surface area contributed by atoms with Gasteiger partial charge in [0.15, 0.2) is 12.4 Å². The number of rotatable bonds is 48. The highest BCUT2D eigenvalue weighted by molar-refractivity contribution is 7.85. The summed E-state index contributed by atoms with van der Waals surface area (Å²) in [5.41, 5.74) is 0. The number of ether oxygens (including phenoxy) is 4. The number of hydrogen-bond acceptors (Lipinski definition) is 11. The van der Waals surface area contributed by atoms with Gasteiger partial charge >= 0.3 is 11.9 Å². The Bertz CT molecular complexity index is 1340. The van der Waals surface area contributed by atoms with Crippen molar-refractivity contribution in [2.24, 2.45) is 0 Å². The number of unbranched alkanes of at least 4 members (excludes halogenated alkanes) is 32. The van der Waals surface area contributed by atoms with Crippen LogP contribution >= 0.6 is 0 Å². The van der Waals surface area contributed by atoms with E-state index in [1.165, 1.54) is 173 Å². The number of carbonyl (C=O) groups is 2. The maximum atomic E-state index is 12.9. The van der Waals surface area contributed by atoms with Gasteiger partial charge in [0.2, 0.25) is 0 Å². The van der Waals surface area contributed by atoms with E-state index in [0.29, 0.717) is 12.8 Å². The molecular weight excluding hydrogens is 885 g/mol. The van der Waals surface area contributed by atoms with Crippen LogP contribution in [-0.4, -0.2) is 96.0 Å². The van der Waals surface area contributed by atoms with Crippen molar-refractivity contribution in [3.8, 4) is 0 Å². The summed E-state index contributed by atoms with van der Waals surface area (Å²) in [6.45, 7) is 3.80. The van der Waals surface area contributed by atoms with Gasteiger partial charge < -0.3 is 34.3 Å². The molecule has 0 aliphatic carbocycles. The predicted octanol–water partition coefficient (Wildman–Crippen LogP) is 13.1. The smallest absolute Gasteiger partial charge is 0.306 e. The van der Waals surface area contributed by atoms with Gasteiger partial charge in [0.25, 0.3) is 10.1 Å². The molecule has 0 spiro atoms. The molecule has 0 amide bonds. The summed E-state index contributed by atoms with van der Waals surface area (Å²) in [4.78, 5) is 25.6. The van der Waals surface area contributed by atoms with E-state index in [0.717, 1.165) is 44.9 Å². The van der Waals surface area contributed by atoms with E-state index in [1.807, 2.05) is 0 Å². The van der Waals surface area contributed by atoms with Crippen LogP contribution in [0.3, 0.4) is 0 Å². The maximum Gasteiger partial charge on any atom is 0.306 e. The molecule has 1 aliphatic rings. The number of carbonyl (C=O) groups excluding carboxylic acids is 2. The molecule has 0 aromatic heterocycles. The zero-order valence-corrected chi connectivity index (χ0v) is 44.0. The van der Waals surface area contributed by atoms with Crippen LogP contribution in [0.1, 0.15) is 258 Å². The second-order valence-corrected chi connectivity index (χ2v) is 21.1. The van der Waals surface area contributed by atoms with Gasteiger partial charge in [0, 0.05) is 12.8 Å². The quantitative estimate of drug-likeness (QED) is 0.0196. The molecule has 1 saturated heterocycles. The number of hydrogen-bond donors (Lipinski definition) is 4. The van der Waals surface area contributed by atoms with Crippen LogP contribution < -0.4 is 0 Å². The van der Waals surface area contributed by atoms with E-state index in [2.05, 4.69) is 38.2 Å². The molecule has 0 bridgehead atoms. The Morgan fingerprint density at radius 2 is 0.838 bits per heavy atom. The van der Waals surface area contributed by atoms with Crippen molar-refractivity contribution in [2.75, 3.05) is 19.0 Å². The first kappa shape index (κ1) is 64.1. The summed E-state index contributed by atoms with van der Waals surface area (Å²) in [7, 11) is -4.61. The Hall–Kier alpha value is -1.87. The highest BCUT2D eigenvalue weighted by Crippen LogP contribution is 2.24. The minimum absolute atomic E-state index is 0.165. The van der Waals surface area contributed by atoms with Crippen LogP contribution in [0.25, 0.3) is 0 Å². The van der Waals surface area contributed by atoms with Crippen molar-refractivity contribution in [2.45, 2.75) is 295 Å². The van der Waals surface area contributed by atoms with Crippen LogP contribution in [0.15, 0.2) is 24.3 Å². The van der Waals surface area contributed by atoms with Crippen LogP contribution in [0.2, 0.25) is 0 Å². The third kappa shape index (κ3) is 38.8. The van der Waals surface area contributed by atoms with Crippen LogP contribution in [0.4, 0.5) is 0 Å². The third-order valence-corrected chi connectivity index (χ3v) is 13.8. The van der Waals surface area contributed by atoms with Gasteiger partial charge in [-0.25, -0.2) is 0 Å². The summed E-state index contributed by atoms with van der Waals surface area (Å²) in [6.07, 6.45) is 43.6. The van der Waals surface area contributed by atoms with Crippen LogP contribution in [-0.2, 0) is 38.7 Å². The van der Waals surface area contributed by atoms with Crippen LogP contribution in [0.5, 0.6) is 0 Å². The first-order valence-electron chi connectivity index (χ1n) is 27.9. The fourth-order valence-electron chi connectivity index (χ4n) is 8.67. The summed E-state index contributed by atoms with van der Waals surface area (Å²) in [5.74, 6) is -1.97. The number of allylic oxidation sites excluding steroid dienone is 4. The molecule has 0 aromatic rings. The summed E-state index contributed by atoms with van der Waals surface area (Å²) < 4.78 is 54.3.